The molecule has 0 aliphatic carbocycles. The summed E-state index contributed by atoms with van der Waals surface area (Å²) in [5.41, 5.74) is 0.845. The normalized spacial score (nSPS) is 16.8. The minimum absolute atomic E-state index is 0. The summed E-state index contributed by atoms with van der Waals surface area (Å²) in [6, 6.07) is 3.59. The van der Waals surface area contributed by atoms with Gasteiger partial charge in [0.05, 0.1) is 5.02 Å². The third-order valence-electron chi connectivity index (χ3n) is 3.70. The van der Waals surface area contributed by atoms with Crippen LogP contribution in [0.1, 0.15) is 31.9 Å². The van der Waals surface area contributed by atoms with E-state index < -0.39 is 0 Å². The quantitative estimate of drug-likeness (QED) is 0.793. The summed E-state index contributed by atoms with van der Waals surface area (Å²) in [5.74, 6) is 0.701. The fourth-order valence-electron chi connectivity index (χ4n) is 2.75. The Kier molecular flexibility index (Phi) is 10.1. The number of piperazine rings is 1. The Morgan fingerprint density at radius 2 is 1.77 bits per heavy atom. The summed E-state index contributed by atoms with van der Waals surface area (Å²) >= 11 is 12.2. The molecule has 0 saturated carbocycles. The molecule has 1 fully saturated rings. The number of nitrogens with zero attached hydrogens (tertiary/aromatic N) is 1. The summed E-state index contributed by atoms with van der Waals surface area (Å²) in [5, 5.41) is 14.6. The molecule has 7 heteroatoms. The molecule has 0 unspecified atom stereocenters. The van der Waals surface area contributed by atoms with E-state index in [-0.39, 0.29) is 36.6 Å². The van der Waals surface area contributed by atoms with Crippen LogP contribution < -0.4 is 5.32 Å². The molecule has 128 valence electrons. The van der Waals surface area contributed by atoms with E-state index in [1.54, 1.807) is 6.07 Å². The first-order valence-corrected chi connectivity index (χ1v) is 7.87. The summed E-state index contributed by atoms with van der Waals surface area (Å²) in [6.07, 6.45) is 0.976. The van der Waals surface area contributed by atoms with Crippen molar-refractivity contribution < 1.29 is 5.11 Å². The number of hydrogen-bond acceptors (Lipinski definition) is 3. The minimum atomic E-state index is 0. The largest absolute Gasteiger partial charge is 0.506 e. The van der Waals surface area contributed by atoms with Gasteiger partial charge in [-0.3, -0.25) is 4.90 Å². The lowest BCUT2D eigenvalue weighted by atomic mass is 9.94. The molecule has 1 atom stereocenters. The van der Waals surface area contributed by atoms with Gasteiger partial charge in [0.15, 0.2) is 0 Å². The summed E-state index contributed by atoms with van der Waals surface area (Å²) in [4.78, 5) is 2.40. The fourth-order valence-corrected chi connectivity index (χ4v) is 3.26. The van der Waals surface area contributed by atoms with Crippen molar-refractivity contribution in [3.63, 3.8) is 0 Å². The lowest BCUT2D eigenvalue weighted by molar-refractivity contribution is 0.151. The van der Waals surface area contributed by atoms with Crippen LogP contribution in [0.15, 0.2) is 12.1 Å². The molecule has 22 heavy (non-hydrogen) atoms. The maximum atomic E-state index is 10.3. The van der Waals surface area contributed by atoms with Crippen molar-refractivity contribution in [1.29, 1.82) is 0 Å². The van der Waals surface area contributed by atoms with E-state index >= 15 is 0 Å². The zero-order valence-corrected chi connectivity index (χ0v) is 16.0. The van der Waals surface area contributed by atoms with Crippen molar-refractivity contribution in [2.75, 3.05) is 26.2 Å². The molecule has 0 radical (unpaired) electrons. The average molecular weight is 390 g/mol. The monoisotopic (exact) mass is 388 g/mol. The topological polar surface area (TPSA) is 35.5 Å². The van der Waals surface area contributed by atoms with Crippen molar-refractivity contribution in [3.05, 3.63) is 27.7 Å². The molecule has 1 heterocycles. The molecule has 1 aromatic carbocycles. The number of hydrogen-bond donors (Lipinski definition) is 2. The third-order valence-corrected chi connectivity index (χ3v) is 4.21. The van der Waals surface area contributed by atoms with Crippen molar-refractivity contribution >= 4 is 48.0 Å². The van der Waals surface area contributed by atoms with E-state index in [2.05, 4.69) is 24.1 Å². The zero-order valence-electron chi connectivity index (χ0n) is 12.8. The minimum Gasteiger partial charge on any atom is -0.506 e. The predicted octanol–water partition coefficient (Wildman–Crippen LogP) is 4.54. The third kappa shape index (κ3) is 5.63. The molecule has 0 spiro atoms. The van der Waals surface area contributed by atoms with E-state index in [4.69, 9.17) is 23.2 Å². The van der Waals surface area contributed by atoms with Crippen molar-refractivity contribution in [3.8, 4) is 5.75 Å². The molecule has 0 aromatic heterocycles. The molecular formula is C15H24Cl4N2O. The first-order chi connectivity index (χ1) is 9.49. The molecule has 0 bridgehead atoms. The van der Waals surface area contributed by atoms with Crippen LogP contribution in [0, 0.1) is 5.92 Å². The number of nitrogens with one attached hydrogen (secondary N) is 1. The Hall–Kier alpha value is 0.1000. The van der Waals surface area contributed by atoms with Crippen LogP contribution in [0.3, 0.4) is 0 Å². The lowest BCUT2D eigenvalue weighted by Gasteiger charge is -2.36. The van der Waals surface area contributed by atoms with Gasteiger partial charge in [0.2, 0.25) is 0 Å². The molecule has 1 aliphatic rings. The Balaban J connectivity index is 0.00000220. The van der Waals surface area contributed by atoms with Gasteiger partial charge >= 0.3 is 0 Å². The predicted molar refractivity (Wildman–Crippen MR) is 99.3 cm³/mol. The van der Waals surface area contributed by atoms with E-state index in [1.165, 1.54) is 0 Å². The number of halogens is 4. The Morgan fingerprint density at radius 3 is 2.32 bits per heavy atom. The van der Waals surface area contributed by atoms with Gasteiger partial charge in [-0.1, -0.05) is 37.0 Å². The fraction of sp³-hybridized carbons (Fsp3) is 0.600. The first kappa shape index (κ1) is 22.1. The van der Waals surface area contributed by atoms with E-state index in [1.807, 2.05) is 6.07 Å². The second-order valence-corrected chi connectivity index (χ2v) is 6.60. The molecule has 0 amide bonds. The molecule has 2 N–H and O–H groups in total. The maximum Gasteiger partial charge on any atom is 0.139 e. The maximum absolute atomic E-state index is 10.3. The Morgan fingerprint density at radius 1 is 1.18 bits per heavy atom. The van der Waals surface area contributed by atoms with Crippen LogP contribution in [0.25, 0.3) is 0 Å². The van der Waals surface area contributed by atoms with Gasteiger partial charge in [-0.2, -0.15) is 0 Å². The zero-order chi connectivity index (χ0) is 14.7. The van der Waals surface area contributed by atoms with Crippen molar-refractivity contribution in [2.24, 2.45) is 5.92 Å². The highest BCUT2D eigenvalue weighted by atomic mass is 35.5. The van der Waals surface area contributed by atoms with Crippen LogP contribution in [-0.4, -0.2) is 36.2 Å². The highest BCUT2D eigenvalue weighted by Gasteiger charge is 2.26. The van der Waals surface area contributed by atoms with Crippen LogP contribution in [0.4, 0.5) is 0 Å². The lowest BCUT2D eigenvalue weighted by Crippen LogP contribution is -2.45. The van der Waals surface area contributed by atoms with Crippen LogP contribution in [-0.2, 0) is 0 Å². The molecule has 1 aromatic rings. The first-order valence-electron chi connectivity index (χ1n) is 7.11. The average Bonchev–Trinajstić information content (AvgIpc) is 2.41. The van der Waals surface area contributed by atoms with Gasteiger partial charge in [0.25, 0.3) is 0 Å². The van der Waals surface area contributed by atoms with Crippen molar-refractivity contribution in [2.45, 2.75) is 26.3 Å². The van der Waals surface area contributed by atoms with Crippen LogP contribution in [0.2, 0.25) is 10.0 Å². The molecule has 1 aliphatic heterocycles. The van der Waals surface area contributed by atoms with E-state index in [9.17, 15) is 5.11 Å². The van der Waals surface area contributed by atoms with Crippen LogP contribution in [0.5, 0.6) is 5.75 Å². The standard InChI is InChI=1S/C15H22Cl2N2O.2ClH/c1-10(2)7-14(19-5-3-18-4-6-19)12-8-11(16)9-13(17)15(12)20;;/h8-10,14,18,20H,3-7H2,1-2H3;2*1H/t14-;;/m1../s1. The molecular weight excluding hydrogens is 366 g/mol. The highest BCUT2D eigenvalue weighted by Crippen LogP contribution is 2.39. The van der Waals surface area contributed by atoms with Gasteiger partial charge in [-0.05, 0) is 24.5 Å². The number of aromatic hydroxyl groups is 1. The SMILES string of the molecule is CC(C)C[C@H](c1cc(Cl)cc(Cl)c1O)N1CCNCC1.Cl.Cl. The van der Waals surface area contributed by atoms with Gasteiger partial charge < -0.3 is 10.4 Å². The van der Waals surface area contributed by atoms with Crippen LogP contribution >= 0.6 is 48.0 Å². The Labute approximate surface area is 155 Å². The summed E-state index contributed by atoms with van der Waals surface area (Å²) in [7, 11) is 0. The molecule has 1 saturated heterocycles. The number of benzene rings is 1. The second kappa shape index (κ2) is 10.1. The van der Waals surface area contributed by atoms with E-state index in [0.717, 1.165) is 38.2 Å². The highest BCUT2D eigenvalue weighted by molar-refractivity contribution is 6.35. The van der Waals surface area contributed by atoms with Gasteiger partial charge in [0, 0.05) is 42.8 Å². The van der Waals surface area contributed by atoms with Gasteiger partial charge in [0.1, 0.15) is 5.75 Å². The van der Waals surface area contributed by atoms with Crippen molar-refractivity contribution in [1.82, 2.24) is 10.2 Å². The van der Waals surface area contributed by atoms with E-state index in [0.29, 0.717) is 16.0 Å². The molecule has 3 nitrogen and oxygen atoms in total. The van der Waals surface area contributed by atoms with Gasteiger partial charge in [-0.15, -0.1) is 24.8 Å². The number of phenolic OH excluding ortho intramolecular Hbond substituents is 1. The second-order valence-electron chi connectivity index (χ2n) is 5.76. The molecule has 2 rings (SSSR count). The number of phenols is 1. The number of rotatable bonds is 4. The van der Waals surface area contributed by atoms with Gasteiger partial charge in [-0.25, -0.2) is 0 Å². The smallest absolute Gasteiger partial charge is 0.139 e. The summed E-state index contributed by atoms with van der Waals surface area (Å²) < 4.78 is 0. The summed E-state index contributed by atoms with van der Waals surface area (Å²) in [6.45, 7) is 8.28. The Bertz CT molecular complexity index is 465.